The smallest absolute Gasteiger partial charge is 0.235 e. The Balaban J connectivity index is 1.51. The van der Waals surface area contributed by atoms with Crippen molar-refractivity contribution in [3.63, 3.8) is 0 Å². The third kappa shape index (κ3) is 3.86. The van der Waals surface area contributed by atoms with Gasteiger partial charge in [0, 0.05) is 22.5 Å². The van der Waals surface area contributed by atoms with Gasteiger partial charge in [-0.25, -0.2) is 4.98 Å². The fraction of sp³-hybridized carbons (Fsp3) is 0.130. The molecule has 0 atom stereocenters. The number of rotatable bonds is 3. The zero-order chi connectivity index (χ0) is 18.7. The molecule has 0 unspecified atom stereocenters. The Morgan fingerprint density at radius 1 is 1.00 bits per heavy atom. The van der Waals surface area contributed by atoms with Crippen molar-refractivity contribution in [2.24, 2.45) is 0 Å². The Kier molecular flexibility index (Phi) is 4.66. The largest absolute Gasteiger partial charge is 0.325 e. The van der Waals surface area contributed by atoms with E-state index in [0.29, 0.717) is 10.7 Å². The highest BCUT2D eigenvalue weighted by Gasteiger charge is 2.51. The van der Waals surface area contributed by atoms with Crippen LogP contribution < -0.4 is 5.32 Å². The third-order valence-corrected chi connectivity index (χ3v) is 4.95. The summed E-state index contributed by atoms with van der Waals surface area (Å²) >= 11 is 5.97. The molecule has 132 valence electrons. The normalized spacial score (nSPS) is 14.0. The summed E-state index contributed by atoms with van der Waals surface area (Å²) in [4.78, 5) is 17.1. The minimum Gasteiger partial charge on any atom is -0.325 e. The summed E-state index contributed by atoms with van der Waals surface area (Å²) in [5.74, 6) is 6.13. The molecule has 1 aliphatic rings. The Labute approximate surface area is 163 Å². The van der Waals surface area contributed by atoms with Crippen LogP contribution in [0, 0.1) is 11.8 Å². The number of hydrogen-bond acceptors (Lipinski definition) is 2. The van der Waals surface area contributed by atoms with Gasteiger partial charge in [-0.3, -0.25) is 4.79 Å². The lowest BCUT2D eigenvalue weighted by molar-refractivity contribution is -0.118. The van der Waals surface area contributed by atoms with Crippen LogP contribution in [0.5, 0.6) is 0 Å². The minimum absolute atomic E-state index is 0.0136. The molecule has 1 saturated carbocycles. The number of pyridine rings is 1. The SMILES string of the molecule is O=C(Nc1cccc(C#Cc2ccccn2)c1)C1(c2ccc(Cl)cc2)CC1. The first-order valence-corrected chi connectivity index (χ1v) is 9.14. The maximum atomic E-state index is 12.9. The van der Waals surface area contributed by atoms with Crippen LogP contribution in [0.25, 0.3) is 0 Å². The van der Waals surface area contributed by atoms with E-state index in [0.717, 1.165) is 29.7 Å². The Bertz CT molecular complexity index is 1030. The number of halogens is 1. The quantitative estimate of drug-likeness (QED) is 0.671. The molecule has 0 saturated heterocycles. The zero-order valence-electron chi connectivity index (χ0n) is 14.6. The van der Waals surface area contributed by atoms with Crippen molar-refractivity contribution in [2.45, 2.75) is 18.3 Å². The van der Waals surface area contributed by atoms with Gasteiger partial charge in [0.1, 0.15) is 5.69 Å². The molecule has 0 bridgehead atoms. The van der Waals surface area contributed by atoms with Crippen molar-refractivity contribution in [1.29, 1.82) is 0 Å². The van der Waals surface area contributed by atoms with Gasteiger partial charge in [-0.15, -0.1) is 0 Å². The van der Waals surface area contributed by atoms with Crippen LogP contribution in [-0.4, -0.2) is 10.9 Å². The van der Waals surface area contributed by atoms with Gasteiger partial charge in [-0.05, 0) is 66.8 Å². The average molecular weight is 373 g/mol. The van der Waals surface area contributed by atoms with Crippen LogP contribution in [0.2, 0.25) is 5.02 Å². The predicted octanol–water partition coefficient (Wildman–Crippen LogP) is 4.81. The number of nitrogens with zero attached hydrogens (tertiary/aromatic N) is 1. The molecular formula is C23H17ClN2O. The van der Waals surface area contributed by atoms with Crippen LogP contribution in [0.1, 0.15) is 29.7 Å². The summed E-state index contributed by atoms with van der Waals surface area (Å²) in [5.41, 5.74) is 2.85. The van der Waals surface area contributed by atoms with Crippen molar-refractivity contribution < 1.29 is 4.79 Å². The molecule has 1 fully saturated rings. The summed E-state index contributed by atoms with van der Waals surface area (Å²) in [6.45, 7) is 0. The van der Waals surface area contributed by atoms with E-state index in [1.165, 1.54) is 0 Å². The predicted molar refractivity (Wildman–Crippen MR) is 108 cm³/mol. The van der Waals surface area contributed by atoms with Crippen molar-refractivity contribution >= 4 is 23.2 Å². The number of nitrogens with one attached hydrogen (secondary N) is 1. The third-order valence-electron chi connectivity index (χ3n) is 4.70. The van der Waals surface area contributed by atoms with Gasteiger partial charge in [0.25, 0.3) is 0 Å². The van der Waals surface area contributed by atoms with Crippen molar-refractivity contribution in [3.05, 3.63) is 94.8 Å². The van der Waals surface area contributed by atoms with Crippen LogP contribution in [0.4, 0.5) is 5.69 Å². The standard InChI is InChI=1S/C23H17ClN2O/c24-19-10-8-18(9-11-19)23(13-14-23)22(27)26-21-6-3-4-17(16-21)7-12-20-5-1-2-15-25-20/h1-6,8-11,15-16H,13-14H2,(H,26,27). The van der Waals surface area contributed by atoms with E-state index in [1.807, 2.05) is 66.7 Å². The molecule has 27 heavy (non-hydrogen) atoms. The molecule has 3 aromatic rings. The number of anilines is 1. The van der Waals surface area contributed by atoms with Gasteiger partial charge >= 0.3 is 0 Å². The van der Waals surface area contributed by atoms with E-state index in [4.69, 9.17) is 11.6 Å². The van der Waals surface area contributed by atoms with Crippen LogP contribution in [-0.2, 0) is 10.2 Å². The first kappa shape index (κ1) is 17.3. The molecule has 4 heteroatoms. The van der Waals surface area contributed by atoms with Gasteiger partial charge < -0.3 is 5.32 Å². The molecule has 0 radical (unpaired) electrons. The monoisotopic (exact) mass is 372 g/mol. The highest BCUT2D eigenvalue weighted by molar-refractivity contribution is 6.30. The van der Waals surface area contributed by atoms with Crippen LogP contribution in [0.3, 0.4) is 0 Å². The van der Waals surface area contributed by atoms with Crippen molar-refractivity contribution in [2.75, 3.05) is 5.32 Å². The maximum absolute atomic E-state index is 12.9. The number of amides is 1. The van der Waals surface area contributed by atoms with Crippen LogP contribution in [0.15, 0.2) is 72.9 Å². The van der Waals surface area contributed by atoms with Gasteiger partial charge in [-0.1, -0.05) is 41.8 Å². The Morgan fingerprint density at radius 3 is 2.52 bits per heavy atom. The summed E-state index contributed by atoms with van der Waals surface area (Å²) in [7, 11) is 0. The number of aromatic nitrogens is 1. The number of benzene rings is 2. The van der Waals surface area contributed by atoms with E-state index in [2.05, 4.69) is 22.1 Å². The highest BCUT2D eigenvalue weighted by atomic mass is 35.5. The molecule has 2 aromatic carbocycles. The lowest BCUT2D eigenvalue weighted by Gasteiger charge is -2.16. The van der Waals surface area contributed by atoms with E-state index in [-0.39, 0.29) is 5.91 Å². The van der Waals surface area contributed by atoms with Crippen LogP contribution >= 0.6 is 11.6 Å². The molecule has 4 rings (SSSR count). The summed E-state index contributed by atoms with van der Waals surface area (Å²) < 4.78 is 0. The van der Waals surface area contributed by atoms with Gasteiger partial charge in [0.15, 0.2) is 0 Å². The van der Waals surface area contributed by atoms with Gasteiger partial charge in [0.2, 0.25) is 5.91 Å². The number of carbonyl (C=O) groups is 1. The van der Waals surface area contributed by atoms with E-state index >= 15 is 0 Å². The molecule has 1 aliphatic carbocycles. The molecule has 0 aliphatic heterocycles. The average Bonchev–Trinajstić information content (AvgIpc) is 3.50. The molecule has 1 N–H and O–H groups in total. The fourth-order valence-electron chi connectivity index (χ4n) is 3.04. The Morgan fingerprint density at radius 2 is 1.81 bits per heavy atom. The molecule has 1 heterocycles. The second-order valence-corrected chi connectivity index (χ2v) is 7.03. The molecule has 3 nitrogen and oxygen atoms in total. The molecular weight excluding hydrogens is 356 g/mol. The second-order valence-electron chi connectivity index (χ2n) is 6.59. The van der Waals surface area contributed by atoms with Crippen molar-refractivity contribution in [3.8, 4) is 11.8 Å². The molecule has 0 spiro atoms. The van der Waals surface area contributed by atoms with E-state index in [1.54, 1.807) is 6.20 Å². The highest BCUT2D eigenvalue weighted by Crippen LogP contribution is 2.49. The van der Waals surface area contributed by atoms with Gasteiger partial charge in [0.05, 0.1) is 5.41 Å². The second kappa shape index (κ2) is 7.26. The van der Waals surface area contributed by atoms with Crippen molar-refractivity contribution in [1.82, 2.24) is 4.98 Å². The summed E-state index contributed by atoms with van der Waals surface area (Å²) in [6, 6.07) is 20.7. The number of hydrogen-bond donors (Lipinski definition) is 1. The summed E-state index contributed by atoms with van der Waals surface area (Å²) in [5, 5.41) is 3.72. The summed E-state index contributed by atoms with van der Waals surface area (Å²) in [6.07, 6.45) is 3.41. The maximum Gasteiger partial charge on any atom is 0.235 e. The Hall–Kier alpha value is -3.09. The number of carbonyl (C=O) groups excluding carboxylic acids is 1. The first-order chi connectivity index (χ1) is 13.2. The molecule has 1 amide bonds. The lowest BCUT2D eigenvalue weighted by atomic mass is 9.95. The molecule has 1 aromatic heterocycles. The zero-order valence-corrected chi connectivity index (χ0v) is 15.3. The topological polar surface area (TPSA) is 42.0 Å². The van der Waals surface area contributed by atoms with Gasteiger partial charge in [-0.2, -0.15) is 0 Å². The minimum atomic E-state index is -0.444. The van der Waals surface area contributed by atoms with E-state index < -0.39 is 5.41 Å². The fourth-order valence-corrected chi connectivity index (χ4v) is 3.17. The lowest BCUT2D eigenvalue weighted by Crippen LogP contribution is -2.27. The van der Waals surface area contributed by atoms with E-state index in [9.17, 15) is 4.79 Å². The first-order valence-electron chi connectivity index (χ1n) is 8.76.